The molecule has 2 heteroatoms. The van der Waals surface area contributed by atoms with Crippen LogP contribution < -0.4 is 0 Å². The molecule has 2 atom stereocenters. The fourth-order valence-corrected chi connectivity index (χ4v) is 3.05. The standard InChI is InChI=1S/C18H19NO/c1-13-3-6-15(7-4-13)18(20)10-5-14-11-16-8-9-17(12-14)19(16)2/h3-4,6-7,11,16-17H,8-9,12H2,1-2H3. The molecule has 0 N–H and O–H groups in total. The van der Waals surface area contributed by atoms with Crippen LogP contribution in [0.5, 0.6) is 0 Å². The van der Waals surface area contributed by atoms with Crippen molar-refractivity contribution in [1.82, 2.24) is 4.90 Å². The van der Waals surface area contributed by atoms with Gasteiger partial charge in [-0.25, -0.2) is 0 Å². The average molecular weight is 265 g/mol. The van der Waals surface area contributed by atoms with Gasteiger partial charge in [0, 0.05) is 23.2 Å². The lowest BCUT2D eigenvalue weighted by atomic mass is 10.0. The summed E-state index contributed by atoms with van der Waals surface area (Å²) in [6, 6.07) is 8.72. The van der Waals surface area contributed by atoms with Crippen LogP contribution in [0.15, 0.2) is 35.9 Å². The van der Waals surface area contributed by atoms with Crippen molar-refractivity contribution in [1.29, 1.82) is 0 Å². The van der Waals surface area contributed by atoms with Gasteiger partial charge >= 0.3 is 0 Å². The number of carbonyl (C=O) groups is 1. The van der Waals surface area contributed by atoms with Crippen molar-refractivity contribution in [2.24, 2.45) is 0 Å². The molecule has 1 saturated heterocycles. The highest BCUT2D eigenvalue weighted by Gasteiger charge is 2.33. The molecule has 2 aliphatic heterocycles. The van der Waals surface area contributed by atoms with Gasteiger partial charge in [-0.1, -0.05) is 41.8 Å². The van der Waals surface area contributed by atoms with E-state index in [1.54, 1.807) is 0 Å². The number of carbonyl (C=O) groups excluding carboxylic acids is 1. The predicted octanol–water partition coefficient (Wildman–Crippen LogP) is 2.97. The minimum atomic E-state index is -0.0859. The zero-order valence-electron chi connectivity index (χ0n) is 12.0. The maximum Gasteiger partial charge on any atom is 0.236 e. The molecule has 3 rings (SSSR count). The van der Waals surface area contributed by atoms with Gasteiger partial charge in [0.05, 0.1) is 0 Å². The third kappa shape index (κ3) is 2.55. The van der Waals surface area contributed by atoms with E-state index in [2.05, 4.69) is 29.9 Å². The number of benzene rings is 1. The number of Topliss-reactive ketones (excluding diaryl/α,β-unsaturated/α-hetero) is 1. The third-order valence-corrected chi connectivity index (χ3v) is 4.39. The monoisotopic (exact) mass is 265 g/mol. The molecule has 0 saturated carbocycles. The lowest BCUT2D eigenvalue weighted by Crippen LogP contribution is -2.34. The van der Waals surface area contributed by atoms with Gasteiger partial charge in [0.1, 0.15) is 0 Å². The summed E-state index contributed by atoms with van der Waals surface area (Å²) in [5.74, 6) is 5.80. The summed E-state index contributed by atoms with van der Waals surface area (Å²) >= 11 is 0. The quantitative estimate of drug-likeness (QED) is 0.442. The lowest BCUT2D eigenvalue weighted by molar-refractivity contribution is 0.105. The van der Waals surface area contributed by atoms with Gasteiger partial charge in [-0.3, -0.25) is 9.69 Å². The van der Waals surface area contributed by atoms with Crippen LogP contribution in [0.3, 0.4) is 0 Å². The SMILES string of the molecule is Cc1ccc(C(=O)C#CC2=CC3CCC(C2)N3C)cc1. The molecule has 2 heterocycles. The van der Waals surface area contributed by atoms with E-state index in [1.807, 2.05) is 31.2 Å². The molecular weight excluding hydrogens is 246 g/mol. The first-order valence-electron chi connectivity index (χ1n) is 7.19. The molecule has 0 radical (unpaired) electrons. The second kappa shape index (κ2) is 5.26. The van der Waals surface area contributed by atoms with Gasteiger partial charge < -0.3 is 0 Å². The third-order valence-electron chi connectivity index (χ3n) is 4.39. The fourth-order valence-electron chi connectivity index (χ4n) is 3.05. The first kappa shape index (κ1) is 13.1. The zero-order valence-corrected chi connectivity index (χ0v) is 12.0. The molecule has 20 heavy (non-hydrogen) atoms. The summed E-state index contributed by atoms with van der Waals surface area (Å²) in [6.07, 6.45) is 5.69. The van der Waals surface area contributed by atoms with Gasteiger partial charge in [0.25, 0.3) is 0 Å². The van der Waals surface area contributed by atoms with E-state index >= 15 is 0 Å². The van der Waals surface area contributed by atoms with E-state index in [9.17, 15) is 4.79 Å². The van der Waals surface area contributed by atoms with Crippen molar-refractivity contribution >= 4 is 5.78 Å². The summed E-state index contributed by atoms with van der Waals surface area (Å²) in [7, 11) is 2.18. The highest BCUT2D eigenvalue weighted by atomic mass is 16.1. The number of hydrogen-bond acceptors (Lipinski definition) is 2. The Morgan fingerprint density at radius 3 is 2.70 bits per heavy atom. The van der Waals surface area contributed by atoms with Crippen molar-refractivity contribution in [3.63, 3.8) is 0 Å². The Morgan fingerprint density at radius 1 is 1.25 bits per heavy atom. The molecule has 2 aliphatic rings. The molecule has 0 spiro atoms. The zero-order chi connectivity index (χ0) is 14.1. The largest absolute Gasteiger partial charge is 0.297 e. The second-order valence-electron chi connectivity index (χ2n) is 5.81. The molecule has 2 nitrogen and oxygen atoms in total. The van der Waals surface area contributed by atoms with Crippen LogP contribution in [-0.2, 0) is 0 Å². The number of nitrogens with zero attached hydrogens (tertiary/aromatic N) is 1. The summed E-state index contributed by atoms with van der Waals surface area (Å²) in [5.41, 5.74) is 2.97. The number of aryl methyl sites for hydroxylation is 1. The Kier molecular flexibility index (Phi) is 3.46. The lowest BCUT2D eigenvalue weighted by Gasteiger charge is -2.28. The number of ketones is 1. The average Bonchev–Trinajstić information content (AvgIpc) is 2.66. The van der Waals surface area contributed by atoms with Crippen LogP contribution in [0.25, 0.3) is 0 Å². The topological polar surface area (TPSA) is 20.3 Å². The maximum absolute atomic E-state index is 12.0. The second-order valence-corrected chi connectivity index (χ2v) is 5.81. The van der Waals surface area contributed by atoms with Crippen LogP contribution >= 0.6 is 0 Å². The van der Waals surface area contributed by atoms with Gasteiger partial charge in [-0.2, -0.15) is 0 Å². The molecule has 2 unspecified atom stereocenters. The van der Waals surface area contributed by atoms with Gasteiger partial charge in [-0.15, -0.1) is 0 Å². The highest BCUT2D eigenvalue weighted by Crippen LogP contribution is 2.32. The van der Waals surface area contributed by atoms with Crippen molar-refractivity contribution in [3.05, 3.63) is 47.0 Å². The van der Waals surface area contributed by atoms with Crippen LogP contribution in [-0.4, -0.2) is 29.8 Å². The molecule has 0 amide bonds. The fraction of sp³-hybridized carbons (Fsp3) is 0.389. The normalized spacial score (nSPS) is 24.8. The predicted molar refractivity (Wildman–Crippen MR) is 80.6 cm³/mol. The smallest absolute Gasteiger partial charge is 0.236 e. The number of likely N-dealkylation sites (N-methyl/N-ethyl adjacent to an activating group) is 1. The van der Waals surface area contributed by atoms with E-state index in [0.29, 0.717) is 17.6 Å². The van der Waals surface area contributed by atoms with Gasteiger partial charge in [0.2, 0.25) is 5.78 Å². The van der Waals surface area contributed by atoms with Crippen LogP contribution in [0.4, 0.5) is 0 Å². The van der Waals surface area contributed by atoms with E-state index in [-0.39, 0.29) is 5.78 Å². The maximum atomic E-state index is 12.0. The Balaban J connectivity index is 1.74. The van der Waals surface area contributed by atoms with E-state index in [1.165, 1.54) is 12.8 Å². The van der Waals surface area contributed by atoms with E-state index < -0.39 is 0 Å². The minimum absolute atomic E-state index is 0.0859. The minimum Gasteiger partial charge on any atom is -0.297 e. The van der Waals surface area contributed by atoms with Crippen LogP contribution in [0, 0.1) is 18.8 Å². The van der Waals surface area contributed by atoms with Crippen LogP contribution in [0.2, 0.25) is 0 Å². The Morgan fingerprint density at radius 2 is 2.00 bits per heavy atom. The molecule has 2 bridgehead atoms. The van der Waals surface area contributed by atoms with Crippen molar-refractivity contribution in [2.45, 2.75) is 38.3 Å². The summed E-state index contributed by atoms with van der Waals surface area (Å²) < 4.78 is 0. The van der Waals surface area contributed by atoms with Gasteiger partial charge in [-0.05, 0) is 39.2 Å². The molecule has 0 aromatic heterocycles. The Hall–Kier alpha value is -1.85. The first-order chi connectivity index (χ1) is 9.63. The summed E-state index contributed by atoms with van der Waals surface area (Å²) in [5, 5.41) is 0. The van der Waals surface area contributed by atoms with Crippen molar-refractivity contribution < 1.29 is 4.79 Å². The summed E-state index contributed by atoms with van der Waals surface area (Å²) in [6.45, 7) is 2.01. The van der Waals surface area contributed by atoms with E-state index in [4.69, 9.17) is 0 Å². The van der Waals surface area contributed by atoms with Gasteiger partial charge in [0.15, 0.2) is 0 Å². The number of fused-ring (bicyclic) bond motifs is 2. The molecule has 1 aromatic carbocycles. The highest BCUT2D eigenvalue weighted by molar-refractivity contribution is 6.09. The molecule has 102 valence electrons. The van der Waals surface area contributed by atoms with Crippen molar-refractivity contribution in [2.75, 3.05) is 7.05 Å². The number of hydrogen-bond donors (Lipinski definition) is 0. The Labute approximate surface area is 120 Å². The first-order valence-corrected chi connectivity index (χ1v) is 7.19. The molecule has 1 fully saturated rings. The Bertz CT molecular complexity index is 615. The number of rotatable bonds is 1. The molecule has 1 aromatic rings. The molecule has 0 aliphatic carbocycles. The van der Waals surface area contributed by atoms with E-state index in [0.717, 1.165) is 17.6 Å². The van der Waals surface area contributed by atoms with Crippen LogP contribution in [0.1, 0.15) is 35.2 Å². The molecular formula is C18H19NO. The summed E-state index contributed by atoms with van der Waals surface area (Å²) in [4.78, 5) is 14.5. The van der Waals surface area contributed by atoms with Crippen molar-refractivity contribution in [3.8, 4) is 11.8 Å².